The molecule has 3 fully saturated rings. The highest BCUT2D eigenvalue weighted by Crippen LogP contribution is 2.45. The summed E-state index contributed by atoms with van der Waals surface area (Å²) in [5.41, 5.74) is 3.62. The molecule has 0 amide bonds. The standard InChI is InChI=1S/C49H61BO4/c1-3-22-45(50-53-47(40-25-12-5-13-26-40)48(54-50)41-27-14-6-15-28-41)35-38(2)46(51-36-39-23-10-4-11-24-39)37-52-49(42-29-16-7-17-30-42,43-31-18-8-19-32-43)44-33-20-9-21-34-44/h3-4,7-11,16-21,23-24,29-34,38,40-41,45-48H,1,5-6,12-15,22,25-28,35-37H2,2H3/t38-,45+,46+,47-,48-/m1/s1. The second-order valence-electron chi connectivity index (χ2n) is 16.3. The third-order valence-electron chi connectivity index (χ3n) is 12.6. The van der Waals surface area contributed by atoms with Crippen LogP contribution in [0.2, 0.25) is 5.82 Å². The van der Waals surface area contributed by atoms with Crippen molar-refractivity contribution in [2.45, 2.75) is 120 Å². The molecule has 3 aliphatic rings. The van der Waals surface area contributed by atoms with E-state index in [0.29, 0.717) is 25.0 Å². The van der Waals surface area contributed by atoms with E-state index in [1.165, 1.54) is 64.2 Å². The van der Waals surface area contributed by atoms with Gasteiger partial charge in [0.25, 0.3) is 0 Å². The first-order chi connectivity index (χ1) is 26.7. The molecule has 1 saturated heterocycles. The van der Waals surface area contributed by atoms with Crippen molar-refractivity contribution in [3.05, 3.63) is 156 Å². The summed E-state index contributed by atoms with van der Waals surface area (Å²) in [6.07, 6.45) is 17.1. The van der Waals surface area contributed by atoms with Crippen molar-refractivity contribution in [2.75, 3.05) is 6.61 Å². The van der Waals surface area contributed by atoms with E-state index < -0.39 is 5.60 Å². The summed E-state index contributed by atoms with van der Waals surface area (Å²) in [6.45, 7) is 7.48. The lowest BCUT2D eigenvalue weighted by molar-refractivity contribution is -0.0896. The van der Waals surface area contributed by atoms with Crippen LogP contribution >= 0.6 is 0 Å². The van der Waals surface area contributed by atoms with Crippen molar-refractivity contribution in [3.63, 3.8) is 0 Å². The van der Waals surface area contributed by atoms with Crippen molar-refractivity contribution < 1.29 is 18.8 Å². The van der Waals surface area contributed by atoms with Crippen LogP contribution in [0.4, 0.5) is 0 Å². The summed E-state index contributed by atoms with van der Waals surface area (Å²) in [4.78, 5) is 0. The minimum atomic E-state index is -0.823. The molecule has 5 atom stereocenters. The lowest BCUT2D eigenvalue weighted by Crippen LogP contribution is -2.39. The predicted molar refractivity (Wildman–Crippen MR) is 221 cm³/mol. The van der Waals surface area contributed by atoms with Gasteiger partial charge in [-0.25, -0.2) is 0 Å². The second-order valence-corrected chi connectivity index (χ2v) is 16.3. The van der Waals surface area contributed by atoms with Gasteiger partial charge in [-0.1, -0.05) is 173 Å². The molecule has 4 aromatic carbocycles. The Morgan fingerprint density at radius 1 is 0.667 bits per heavy atom. The van der Waals surface area contributed by atoms with Gasteiger partial charge in [-0.2, -0.15) is 0 Å². The molecule has 5 heteroatoms. The number of ether oxygens (including phenoxy) is 2. The zero-order chi connectivity index (χ0) is 37.0. The lowest BCUT2D eigenvalue weighted by atomic mass is 9.65. The highest BCUT2D eigenvalue weighted by Gasteiger charge is 2.50. The maximum Gasteiger partial charge on any atom is 0.461 e. The third-order valence-corrected chi connectivity index (χ3v) is 12.6. The summed E-state index contributed by atoms with van der Waals surface area (Å²) >= 11 is 0. The van der Waals surface area contributed by atoms with Crippen LogP contribution < -0.4 is 0 Å². The molecule has 0 spiro atoms. The Bertz CT molecular complexity index is 1530. The van der Waals surface area contributed by atoms with Gasteiger partial charge in [0, 0.05) is 0 Å². The smallest absolute Gasteiger partial charge is 0.405 e. The van der Waals surface area contributed by atoms with Crippen LogP contribution in [-0.4, -0.2) is 32.0 Å². The summed E-state index contributed by atoms with van der Waals surface area (Å²) in [7, 11) is -0.225. The van der Waals surface area contributed by atoms with Gasteiger partial charge in [0.1, 0.15) is 5.60 Å². The molecule has 0 aromatic heterocycles. The fourth-order valence-electron chi connectivity index (χ4n) is 9.69. The van der Waals surface area contributed by atoms with Gasteiger partial charge in [-0.15, -0.1) is 6.58 Å². The summed E-state index contributed by atoms with van der Waals surface area (Å²) in [5, 5.41) is 0. The Balaban J connectivity index is 1.17. The van der Waals surface area contributed by atoms with Crippen molar-refractivity contribution >= 4 is 7.12 Å². The van der Waals surface area contributed by atoms with Gasteiger partial charge in [0.05, 0.1) is 31.5 Å². The maximum absolute atomic E-state index is 7.41. The van der Waals surface area contributed by atoms with Gasteiger partial charge in [0.2, 0.25) is 0 Å². The molecule has 54 heavy (non-hydrogen) atoms. The molecule has 4 nitrogen and oxygen atoms in total. The Kier molecular flexibility index (Phi) is 13.9. The lowest BCUT2D eigenvalue weighted by Gasteiger charge is -2.38. The molecule has 2 aliphatic carbocycles. The van der Waals surface area contributed by atoms with Crippen molar-refractivity contribution in [1.29, 1.82) is 0 Å². The molecule has 0 unspecified atom stereocenters. The molecule has 0 bridgehead atoms. The normalized spacial score (nSPS) is 21.8. The molecular formula is C49H61BO4. The van der Waals surface area contributed by atoms with E-state index in [4.69, 9.17) is 18.8 Å². The van der Waals surface area contributed by atoms with Crippen LogP contribution in [0.3, 0.4) is 0 Å². The first kappa shape index (κ1) is 38.8. The average molecular weight is 725 g/mol. The quantitative estimate of drug-likeness (QED) is 0.0617. The Labute approximate surface area is 325 Å². The summed E-state index contributed by atoms with van der Waals surface area (Å²) < 4.78 is 28.6. The van der Waals surface area contributed by atoms with Gasteiger partial charge in [-0.3, -0.25) is 0 Å². The highest BCUT2D eigenvalue weighted by atomic mass is 16.7. The molecule has 284 valence electrons. The maximum atomic E-state index is 7.41. The summed E-state index contributed by atoms with van der Waals surface area (Å²) in [5.74, 6) is 1.56. The molecule has 0 N–H and O–H groups in total. The second kappa shape index (κ2) is 19.4. The Hall–Kier alpha value is -3.48. The molecule has 0 radical (unpaired) electrons. The van der Waals surface area contributed by atoms with E-state index >= 15 is 0 Å². The van der Waals surface area contributed by atoms with Gasteiger partial charge in [0.15, 0.2) is 0 Å². The van der Waals surface area contributed by atoms with Crippen molar-refractivity contribution in [2.24, 2.45) is 17.8 Å². The molecule has 7 rings (SSSR count). The molecule has 2 saturated carbocycles. The molecular weight excluding hydrogens is 663 g/mol. The number of hydrogen-bond donors (Lipinski definition) is 0. The monoisotopic (exact) mass is 724 g/mol. The van der Waals surface area contributed by atoms with Crippen LogP contribution in [-0.2, 0) is 31.0 Å². The van der Waals surface area contributed by atoms with Crippen LogP contribution in [0.5, 0.6) is 0 Å². The van der Waals surface area contributed by atoms with E-state index in [1.54, 1.807) is 0 Å². The molecule has 1 heterocycles. The van der Waals surface area contributed by atoms with Crippen molar-refractivity contribution in [1.82, 2.24) is 0 Å². The number of benzene rings is 4. The minimum Gasteiger partial charge on any atom is -0.405 e. The largest absolute Gasteiger partial charge is 0.461 e. The first-order valence-electron chi connectivity index (χ1n) is 21.0. The van der Waals surface area contributed by atoms with Gasteiger partial charge in [-0.05, 0) is 84.3 Å². The van der Waals surface area contributed by atoms with Crippen LogP contribution in [0.25, 0.3) is 0 Å². The Morgan fingerprint density at radius 2 is 1.11 bits per heavy atom. The SMILES string of the molecule is C=CC[C@@H](C[C@@H](C)[C@H](COC(c1ccccc1)(c1ccccc1)c1ccccc1)OCc1ccccc1)B1O[C@H](C2CCCCC2)[C@@H](C2CCCCC2)O1. The topological polar surface area (TPSA) is 36.9 Å². The number of rotatable bonds is 17. The third kappa shape index (κ3) is 9.31. The van der Waals surface area contributed by atoms with Crippen LogP contribution in [0.1, 0.15) is 106 Å². The minimum absolute atomic E-state index is 0.160. The van der Waals surface area contributed by atoms with Crippen LogP contribution in [0, 0.1) is 17.8 Å². The van der Waals surface area contributed by atoms with Crippen molar-refractivity contribution in [3.8, 4) is 0 Å². The fourth-order valence-corrected chi connectivity index (χ4v) is 9.69. The highest BCUT2D eigenvalue weighted by molar-refractivity contribution is 6.47. The fraction of sp³-hybridized carbons (Fsp3) is 0.469. The molecule has 4 aromatic rings. The zero-order valence-electron chi connectivity index (χ0n) is 32.5. The number of allylic oxidation sites excluding steroid dienone is 1. The first-order valence-corrected chi connectivity index (χ1v) is 21.0. The summed E-state index contributed by atoms with van der Waals surface area (Å²) in [6, 6.07) is 42.5. The van der Waals surface area contributed by atoms with E-state index in [-0.39, 0.29) is 37.2 Å². The van der Waals surface area contributed by atoms with E-state index in [1.807, 2.05) is 0 Å². The zero-order valence-corrected chi connectivity index (χ0v) is 32.5. The van der Waals surface area contributed by atoms with E-state index in [9.17, 15) is 0 Å². The van der Waals surface area contributed by atoms with E-state index in [0.717, 1.165) is 35.1 Å². The number of hydrogen-bond acceptors (Lipinski definition) is 4. The predicted octanol–water partition coefficient (Wildman–Crippen LogP) is 12.0. The Morgan fingerprint density at radius 3 is 1.56 bits per heavy atom. The van der Waals surface area contributed by atoms with Gasteiger partial charge < -0.3 is 18.8 Å². The molecule has 1 aliphatic heterocycles. The van der Waals surface area contributed by atoms with Crippen LogP contribution in [0.15, 0.2) is 134 Å². The van der Waals surface area contributed by atoms with Gasteiger partial charge >= 0.3 is 7.12 Å². The van der Waals surface area contributed by atoms with E-state index in [2.05, 4.69) is 141 Å². The average Bonchev–Trinajstić information content (AvgIpc) is 3.70.